The zero-order chi connectivity index (χ0) is 48.9. The van der Waals surface area contributed by atoms with Crippen molar-refractivity contribution < 1.29 is 28.8 Å². The average molecular weight is 912 g/mol. The highest BCUT2D eigenvalue weighted by Crippen LogP contribution is 2.41. The molecule has 0 amide bonds. The van der Waals surface area contributed by atoms with Crippen LogP contribution in [0.4, 0.5) is 17.1 Å². The standard InChI is InChI=1S/C63H45NO6/c1-40(65)52-22-13-25-55(61(68)46-16-7-4-8-17-46)58(52)43-28-34-49(35-29-43)64(50-36-30-44(31-37-50)59-53(41(2)66)23-14-26-56(59)62(69)47-18-9-5-10-19-47)51-38-32-45(33-39-51)60-54(42(3)67)24-15-27-57(60)63(70)48-20-11-6-12-21-48/h4-39H,1-3H3. The number of rotatable bonds is 15. The topological polar surface area (TPSA) is 106 Å². The van der Waals surface area contributed by atoms with Crippen molar-refractivity contribution in [3.63, 3.8) is 0 Å². The molecule has 7 heteroatoms. The number of hydrogen-bond acceptors (Lipinski definition) is 7. The number of carbonyl (C=O) groups is 6. The van der Waals surface area contributed by atoms with Crippen LogP contribution in [0.2, 0.25) is 0 Å². The van der Waals surface area contributed by atoms with Gasteiger partial charge in [-0.1, -0.05) is 182 Å². The first-order chi connectivity index (χ1) is 34.0. The first-order valence-corrected chi connectivity index (χ1v) is 22.8. The van der Waals surface area contributed by atoms with Gasteiger partial charge in [0.05, 0.1) is 0 Å². The van der Waals surface area contributed by atoms with Gasteiger partial charge in [-0.2, -0.15) is 0 Å². The summed E-state index contributed by atoms with van der Waals surface area (Å²) in [5.74, 6) is -1.14. The van der Waals surface area contributed by atoms with Crippen LogP contribution in [0.3, 0.4) is 0 Å². The van der Waals surface area contributed by atoms with Gasteiger partial charge < -0.3 is 4.90 Å². The number of ketones is 6. The summed E-state index contributed by atoms with van der Waals surface area (Å²) < 4.78 is 0. The molecular weight excluding hydrogens is 867 g/mol. The van der Waals surface area contributed by atoms with Gasteiger partial charge in [0.1, 0.15) is 0 Å². The maximum absolute atomic E-state index is 14.0. The van der Waals surface area contributed by atoms with Gasteiger partial charge in [0, 0.05) is 83.8 Å². The predicted octanol–water partition coefficient (Wildman–Crippen LogP) is 14.5. The number of carbonyl (C=O) groups excluding carboxylic acids is 6. The summed E-state index contributed by atoms with van der Waals surface area (Å²) in [4.78, 5) is 83.5. The molecule has 0 bridgehead atoms. The van der Waals surface area contributed by atoms with Crippen molar-refractivity contribution in [3.05, 3.63) is 268 Å². The summed E-state index contributed by atoms with van der Waals surface area (Å²) in [6, 6.07) is 65.4. The van der Waals surface area contributed by atoms with Crippen LogP contribution in [0.5, 0.6) is 0 Å². The Bertz CT molecular complexity index is 3100. The molecule has 0 radical (unpaired) electrons. The second-order valence-corrected chi connectivity index (χ2v) is 16.9. The van der Waals surface area contributed by atoms with E-state index in [1.165, 1.54) is 20.8 Å². The summed E-state index contributed by atoms with van der Waals surface area (Å²) in [7, 11) is 0. The lowest BCUT2D eigenvalue weighted by Crippen LogP contribution is -2.11. The first-order valence-electron chi connectivity index (χ1n) is 22.8. The highest BCUT2D eigenvalue weighted by molar-refractivity contribution is 6.18. The predicted molar refractivity (Wildman–Crippen MR) is 277 cm³/mol. The van der Waals surface area contributed by atoms with E-state index in [1.807, 2.05) is 95.9 Å². The highest BCUT2D eigenvalue weighted by atomic mass is 16.1. The van der Waals surface area contributed by atoms with Crippen LogP contribution in [0.25, 0.3) is 33.4 Å². The molecule has 0 aliphatic rings. The quantitative estimate of drug-likeness (QED) is 0.0943. The number of hydrogen-bond donors (Lipinski definition) is 0. The van der Waals surface area contributed by atoms with Crippen LogP contribution in [0.1, 0.15) is 99.6 Å². The maximum atomic E-state index is 14.0. The minimum atomic E-state index is -0.204. The Balaban J connectivity index is 1.18. The third kappa shape index (κ3) is 9.12. The summed E-state index contributed by atoms with van der Waals surface area (Å²) in [6.45, 7) is 4.47. The van der Waals surface area contributed by atoms with E-state index in [4.69, 9.17) is 0 Å². The van der Waals surface area contributed by atoms with E-state index >= 15 is 0 Å². The molecule has 0 saturated carbocycles. The molecule has 0 atom stereocenters. The van der Waals surface area contributed by atoms with E-state index in [0.29, 0.717) is 83.5 Å². The van der Waals surface area contributed by atoms with Crippen LogP contribution in [-0.2, 0) is 0 Å². The van der Waals surface area contributed by atoms with Crippen molar-refractivity contribution >= 4 is 51.8 Å². The molecule has 0 N–H and O–H groups in total. The zero-order valence-electron chi connectivity index (χ0n) is 38.7. The van der Waals surface area contributed by atoms with Crippen LogP contribution >= 0.6 is 0 Å². The molecular formula is C63H45NO6. The van der Waals surface area contributed by atoms with Crippen molar-refractivity contribution in [1.29, 1.82) is 0 Å². The number of benzene rings is 9. The molecule has 0 fully saturated rings. The Morgan fingerprint density at radius 2 is 0.486 bits per heavy atom. The molecule has 9 rings (SSSR count). The van der Waals surface area contributed by atoms with E-state index in [0.717, 1.165) is 17.1 Å². The summed E-state index contributed by atoms with van der Waals surface area (Å²) in [6.07, 6.45) is 0. The van der Waals surface area contributed by atoms with Gasteiger partial charge in [0.2, 0.25) is 0 Å². The number of anilines is 3. The van der Waals surface area contributed by atoms with Gasteiger partial charge in [-0.25, -0.2) is 0 Å². The van der Waals surface area contributed by atoms with Crippen molar-refractivity contribution in [1.82, 2.24) is 0 Å². The maximum Gasteiger partial charge on any atom is 0.193 e. The van der Waals surface area contributed by atoms with Crippen LogP contribution in [0.15, 0.2) is 218 Å². The van der Waals surface area contributed by atoms with Gasteiger partial charge in [0.15, 0.2) is 34.7 Å². The van der Waals surface area contributed by atoms with E-state index in [9.17, 15) is 28.8 Å². The van der Waals surface area contributed by atoms with Gasteiger partial charge in [0.25, 0.3) is 0 Å². The summed E-state index contributed by atoms with van der Waals surface area (Å²) in [5.41, 5.74) is 9.80. The molecule has 9 aromatic rings. The van der Waals surface area contributed by atoms with Gasteiger partial charge in [-0.15, -0.1) is 0 Å². The average Bonchev–Trinajstić information content (AvgIpc) is 3.41. The molecule has 0 aromatic heterocycles. The van der Waals surface area contributed by atoms with Gasteiger partial charge in [-0.05, 0) is 73.9 Å². The highest BCUT2D eigenvalue weighted by Gasteiger charge is 2.24. The van der Waals surface area contributed by atoms with E-state index < -0.39 is 0 Å². The normalized spacial score (nSPS) is 10.8. The molecule has 0 spiro atoms. The van der Waals surface area contributed by atoms with Crippen molar-refractivity contribution in [2.45, 2.75) is 20.8 Å². The van der Waals surface area contributed by atoms with Gasteiger partial charge >= 0.3 is 0 Å². The van der Waals surface area contributed by atoms with Crippen molar-refractivity contribution in [2.75, 3.05) is 4.90 Å². The molecule has 338 valence electrons. The van der Waals surface area contributed by atoms with Crippen molar-refractivity contribution in [3.8, 4) is 33.4 Å². The molecule has 0 aliphatic carbocycles. The number of nitrogens with zero attached hydrogens (tertiary/aromatic N) is 1. The molecule has 7 nitrogen and oxygen atoms in total. The van der Waals surface area contributed by atoms with E-state index in [-0.39, 0.29) is 34.7 Å². The molecule has 0 saturated heterocycles. The first kappa shape index (κ1) is 45.9. The Morgan fingerprint density at radius 1 is 0.257 bits per heavy atom. The second kappa shape index (κ2) is 20.0. The Labute approximate surface area is 406 Å². The molecule has 70 heavy (non-hydrogen) atoms. The zero-order valence-corrected chi connectivity index (χ0v) is 38.7. The minimum Gasteiger partial charge on any atom is -0.311 e. The molecule has 0 aliphatic heterocycles. The molecule has 9 aromatic carbocycles. The largest absolute Gasteiger partial charge is 0.311 e. The lowest BCUT2D eigenvalue weighted by Gasteiger charge is -2.27. The Kier molecular flexibility index (Phi) is 13.1. The fraction of sp³-hybridized carbons (Fsp3) is 0.0476. The fourth-order valence-corrected chi connectivity index (χ4v) is 9.05. The minimum absolute atomic E-state index is 0.177. The molecule has 0 unspecified atom stereocenters. The third-order valence-corrected chi connectivity index (χ3v) is 12.4. The number of Topliss-reactive ketones (excluding diaryl/α,β-unsaturated/α-hetero) is 3. The Morgan fingerprint density at radius 3 is 0.714 bits per heavy atom. The van der Waals surface area contributed by atoms with Crippen molar-refractivity contribution in [2.24, 2.45) is 0 Å². The van der Waals surface area contributed by atoms with E-state index in [2.05, 4.69) is 0 Å². The van der Waals surface area contributed by atoms with Crippen LogP contribution in [-0.4, -0.2) is 34.7 Å². The Hall–Kier alpha value is -9.20. The SMILES string of the molecule is CC(=O)c1cccc(C(=O)c2ccccc2)c1-c1ccc(N(c2ccc(-c3c(C(C)=O)cccc3C(=O)c3ccccc3)cc2)c2ccc(-c3c(C(C)=O)cccc3C(=O)c3ccccc3)cc2)cc1. The van der Waals surface area contributed by atoms with Crippen LogP contribution in [0, 0.1) is 0 Å². The lowest BCUT2D eigenvalue weighted by molar-refractivity contribution is 0.100. The van der Waals surface area contributed by atoms with Crippen LogP contribution < -0.4 is 4.90 Å². The third-order valence-electron chi connectivity index (χ3n) is 12.4. The monoisotopic (exact) mass is 911 g/mol. The van der Waals surface area contributed by atoms with Gasteiger partial charge in [-0.3, -0.25) is 28.8 Å². The summed E-state index contributed by atoms with van der Waals surface area (Å²) in [5, 5.41) is 0. The molecule has 0 heterocycles. The fourth-order valence-electron chi connectivity index (χ4n) is 9.05. The smallest absolute Gasteiger partial charge is 0.193 e. The lowest BCUT2D eigenvalue weighted by atomic mass is 9.88. The second-order valence-electron chi connectivity index (χ2n) is 16.9. The summed E-state index contributed by atoms with van der Waals surface area (Å²) >= 11 is 0. The van der Waals surface area contributed by atoms with E-state index in [1.54, 1.807) is 127 Å².